The van der Waals surface area contributed by atoms with Crippen LogP contribution in [0.2, 0.25) is 0 Å². The summed E-state index contributed by atoms with van der Waals surface area (Å²) in [7, 11) is 0. The normalized spacial score (nSPS) is 14.1. The number of fused-ring (bicyclic) bond motifs is 2. The number of amides is 3. The number of nitrogens with one attached hydrogen (secondary N) is 2. The first kappa shape index (κ1) is 18.9. The number of hydrogen-bond donors (Lipinski definition) is 2. The molecule has 29 heavy (non-hydrogen) atoms. The number of para-hydroxylation sites is 2. The SMILES string of the molecule is CC(=O)Nc1nc2ccc(NC(=O)[C@H](C)N3C(=O)COc4ccccc43)cc2s1. The van der Waals surface area contributed by atoms with E-state index >= 15 is 0 Å². The van der Waals surface area contributed by atoms with E-state index in [4.69, 9.17) is 4.74 Å². The van der Waals surface area contributed by atoms with Crippen LogP contribution in [0.1, 0.15) is 13.8 Å². The minimum Gasteiger partial charge on any atom is -0.482 e. The average Bonchev–Trinajstić information content (AvgIpc) is 3.08. The van der Waals surface area contributed by atoms with Gasteiger partial charge in [0.15, 0.2) is 11.7 Å². The zero-order chi connectivity index (χ0) is 20.5. The second kappa shape index (κ2) is 7.51. The van der Waals surface area contributed by atoms with E-state index < -0.39 is 6.04 Å². The van der Waals surface area contributed by atoms with Crippen LogP contribution in [0.15, 0.2) is 42.5 Å². The van der Waals surface area contributed by atoms with E-state index in [9.17, 15) is 14.4 Å². The Morgan fingerprint density at radius 3 is 2.79 bits per heavy atom. The van der Waals surface area contributed by atoms with Gasteiger partial charge in [-0.1, -0.05) is 23.5 Å². The monoisotopic (exact) mass is 410 g/mol. The Kier molecular flexibility index (Phi) is 4.89. The summed E-state index contributed by atoms with van der Waals surface area (Å²) < 4.78 is 6.26. The highest BCUT2D eigenvalue weighted by Gasteiger charge is 2.32. The molecule has 8 nitrogen and oxygen atoms in total. The van der Waals surface area contributed by atoms with E-state index in [0.717, 1.165) is 10.2 Å². The van der Waals surface area contributed by atoms with Gasteiger partial charge in [0, 0.05) is 12.6 Å². The quantitative estimate of drug-likeness (QED) is 0.689. The van der Waals surface area contributed by atoms with Crippen LogP contribution in [-0.2, 0) is 14.4 Å². The molecule has 0 bridgehead atoms. The van der Waals surface area contributed by atoms with E-state index in [1.165, 1.54) is 23.2 Å². The maximum Gasteiger partial charge on any atom is 0.265 e. The van der Waals surface area contributed by atoms with E-state index in [1.54, 1.807) is 43.3 Å². The van der Waals surface area contributed by atoms with Gasteiger partial charge in [0.1, 0.15) is 11.8 Å². The van der Waals surface area contributed by atoms with Crippen molar-refractivity contribution in [2.24, 2.45) is 0 Å². The molecule has 0 saturated heterocycles. The van der Waals surface area contributed by atoms with Gasteiger partial charge in [-0.05, 0) is 37.3 Å². The molecule has 1 aliphatic rings. The van der Waals surface area contributed by atoms with Crippen LogP contribution >= 0.6 is 11.3 Å². The van der Waals surface area contributed by atoms with Gasteiger partial charge in [0.25, 0.3) is 5.91 Å². The van der Waals surface area contributed by atoms with Crippen LogP contribution in [0.25, 0.3) is 10.2 Å². The Morgan fingerprint density at radius 2 is 2.00 bits per heavy atom. The molecule has 2 heterocycles. The highest BCUT2D eigenvalue weighted by molar-refractivity contribution is 7.22. The summed E-state index contributed by atoms with van der Waals surface area (Å²) in [5.41, 5.74) is 1.88. The molecule has 1 atom stereocenters. The van der Waals surface area contributed by atoms with E-state index in [0.29, 0.717) is 22.3 Å². The first-order chi connectivity index (χ1) is 13.9. The molecule has 0 unspecified atom stereocenters. The number of hydrogen-bond acceptors (Lipinski definition) is 6. The maximum absolute atomic E-state index is 12.8. The highest BCUT2D eigenvalue weighted by atomic mass is 32.1. The van der Waals surface area contributed by atoms with Gasteiger partial charge < -0.3 is 15.4 Å². The van der Waals surface area contributed by atoms with Gasteiger partial charge in [-0.2, -0.15) is 0 Å². The first-order valence-corrected chi connectivity index (χ1v) is 9.77. The molecule has 2 N–H and O–H groups in total. The van der Waals surface area contributed by atoms with Crippen molar-refractivity contribution in [2.45, 2.75) is 19.9 Å². The van der Waals surface area contributed by atoms with Gasteiger partial charge in [0.05, 0.1) is 15.9 Å². The molecule has 0 aliphatic carbocycles. The third-order valence-electron chi connectivity index (χ3n) is 4.45. The van der Waals surface area contributed by atoms with E-state index in [2.05, 4.69) is 15.6 Å². The highest BCUT2D eigenvalue weighted by Crippen LogP contribution is 2.33. The number of rotatable bonds is 4. The predicted molar refractivity (Wildman–Crippen MR) is 111 cm³/mol. The van der Waals surface area contributed by atoms with Gasteiger partial charge in [-0.3, -0.25) is 19.3 Å². The Labute approximate surface area is 170 Å². The molecule has 2 aromatic carbocycles. The fraction of sp³-hybridized carbons (Fsp3) is 0.200. The number of aromatic nitrogens is 1. The Morgan fingerprint density at radius 1 is 1.21 bits per heavy atom. The third kappa shape index (κ3) is 3.77. The van der Waals surface area contributed by atoms with Crippen LogP contribution in [0.3, 0.4) is 0 Å². The number of thiazole rings is 1. The summed E-state index contributed by atoms with van der Waals surface area (Å²) in [5, 5.41) is 6.01. The maximum atomic E-state index is 12.8. The molecule has 9 heteroatoms. The van der Waals surface area contributed by atoms with E-state index in [1.807, 2.05) is 6.07 Å². The minimum absolute atomic E-state index is 0.104. The fourth-order valence-electron chi connectivity index (χ4n) is 3.12. The molecule has 0 saturated carbocycles. The van der Waals surface area contributed by atoms with Crippen molar-refractivity contribution in [3.05, 3.63) is 42.5 Å². The molecular weight excluding hydrogens is 392 g/mol. The molecular formula is C20H18N4O4S. The smallest absolute Gasteiger partial charge is 0.265 e. The number of benzene rings is 2. The number of nitrogens with zero attached hydrogens (tertiary/aromatic N) is 2. The summed E-state index contributed by atoms with van der Waals surface area (Å²) in [4.78, 5) is 42.2. The van der Waals surface area contributed by atoms with Crippen molar-refractivity contribution in [1.82, 2.24) is 4.98 Å². The molecule has 4 rings (SSSR count). The molecule has 1 aliphatic heterocycles. The lowest BCUT2D eigenvalue weighted by Crippen LogP contribution is -2.49. The molecule has 3 amide bonds. The van der Waals surface area contributed by atoms with Gasteiger partial charge in [-0.15, -0.1) is 0 Å². The number of carbonyl (C=O) groups is 3. The lowest BCUT2D eigenvalue weighted by Gasteiger charge is -2.33. The van der Waals surface area contributed by atoms with Gasteiger partial charge in [-0.25, -0.2) is 4.98 Å². The van der Waals surface area contributed by atoms with Crippen molar-refractivity contribution in [3.8, 4) is 5.75 Å². The summed E-state index contributed by atoms with van der Waals surface area (Å²) in [6, 6.07) is 11.7. The predicted octanol–water partition coefficient (Wildman–Crippen LogP) is 3.01. The Balaban J connectivity index is 1.54. The number of carbonyl (C=O) groups excluding carboxylic acids is 3. The van der Waals surface area contributed by atoms with Crippen molar-refractivity contribution in [1.29, 1.82) is 0 Å². The summed E-state index contributed by atoms with van der Waals surface area (Å²) in [5.74, 6) is -0.213. The molecule has 0 fully saturated rings. The summed E-state index contributed by atoms with van der Waals surface area (Å²) in [6.45, 7) is 2.99. The Bertz CT molecular complexity index is 1130. The van der Waals surface area contributed by atoms with Crippen LogP contribution < -0.4 is 20.3 Å². The van der Waals surface area contributed by atoms with Crippen molar-refractivity contribution < 1.29 is 19.1 Å². The first-order valence-electron chi connectivity index (χ1n) is 8.95. The molecule has 1 aromatic heterocycles. The average molecular weight is 410 g/mol. The zero-order valence-corrected chi connectivity index (χ0v) is 16.6. The fourth-order valence-corrected chi connectivity index (χ4v) is 4.07. The molecule has 0 spiro atoms. The van der Waals surface area contributed by atoms with Crippen molar-refractivity contribution in [2.75, 3.05) is 22.1 Å². The standard InChI is InChI=1S/C20H18N4O4S/c1-11(24-15-5-3-4-6-16(15)28-10-18(24)26)19(27)22-13-7-8-14-17(9-13)29-20(23-14)21-12(2)25/h3-9,11H,10H2,1-2H3,(H,22,27)(H,21,23,25)/t11-/m0/s1. The molecule has 0 radical (unpaired) electrons. The van der Waals surface area contributed by atoms with Crippen LogP contribution in [0, 0.1) is 0 Å². The largest absolute Gasteiger partial charge is 0.482 e. The second-order valence-electron chi connectivity index (χ2n) is 6.57. The van der Waals surface area contributed by atoms with Gasteiger partial charge in [0.2, 0.25) is 11.8 Å². The summed E-state index contributed by atoms with van der Waals surface area (Å²) >= 11 is 1.32. The lowest BCUT2D eigenvalue weighted by molar-refractivity contribution is -0.125. The molecule has 3 aromatic rings. The van der Waals surface area contributed by atoms with Crippen LogP contribution in [0.5, 0.6) is 5.75 Å². The second-order valence-corrected chi connectivity index (χ2v) is 7.60. The van der Waals surface area contributed by atoms with Crippen molar-refractivity contribution in [3.63, 3.8) is 0 Å². The zero-order valence-electron chi connectivity index (χ0n) is 15.8. The van der Waals surface area contributed by atoms with Crippen molar-refractivity contribution >= 4 is 55.8 Å². The van der Waals surface area contributed by atoms with E-state index in [-0.39, 0.29) is 24.3 Å². The lowest BCUT2D eigenvalue weighted by atomic mass is 10.1. The third-order valence-corrected chi connectivity index (χ3v) is 5.38. The summed E-state index contributed by atoms with van der Waals surface area (Å²) in [6.07, 6.45) is 0. The van der Waals surface area contributed by atoms with Crippen LogP contribution in [-0.4, -0.2) is 35.4 Å². The number of ether oxygens (including phenoxy) is 1. The minimum atomic E-state index is -0.723. The van der Waals surface area contributed by atoms with Crippen LogP contribution in [0.4, 0.5) is 16.5 Å². The van der Waals surface area contributed by atoms with Gasteiger partial charge >= 0.3 is 0 Å². The topological polar surface area (TPSA) is 101 Å². The number of anilines is 3. The Hall–Kier alpha value is -3.46. The molecule has 148 valence electrons.